The van der Waals surface area contributed by atoms with E-state index < -0.39 is 0 Å². The van der Waals surface area contributed by atoms with Crippen LogP contribution in [0.4, 0.5) is 0 Å². The van der Waals surface area contributed by atoms with Crippen LogP contribution in [-0.4, -0.2) is 65.3 Å². The number of amides is 2. The lowest BCUT2D eigenvalue weighted by molar-refractivity contribution is -0.137. The Morgan fingerprint density at radius 1 is 0.857 bits per heavy atom. The Kier molecular flexibility index (Phi) is 7.02. The number of carbonyl (C=O) groups is 2. The molecule has 2 aliphatic heterocycles. The fourth-order valence-electron chi connectivity index (χ4n) is 5.50. The largest absolute Gasteiger partial charge is 0.340 e. The maximum absolute atomic E-state index is 13.8. The lowest BCUT2D eigenvalue weighted by Crippen LogP contribution is -2.51. The molecule has 35 heavy (non-hydrogen) atoms. The first kappa shape index (κ1) is 23.8. The van der Waals surface area contributed by atoms with Crippen molar-refractivity contribution in [3.8, 4) is 0 Å². The molecule has 2 atom stereocenters. The van der Waals surface area contributed by atoms with Crippen molar-refractivity contribution in [2.45, 2.75) is 38.8 Å². The van der Waals surface area contributed by atoms with Crippen LogP contribution in [-0.2, 0) is 11.2 Å². The van der Waals surface area contributed by atoms with Gasteiger partial charge in [-0.25, -0.2) is 0 Å². The minimum atomic E-state index is -0.232. The molecule has 1 aromatic heterocycles. The molecule has 0 aliphatic carbocycles. The van der Waals surface area contributed by atoms with Crippen molar-refractivity contribution in [1.82, 2.24) is 14.7 Å². The average Bonchev–Trinajstić information content (AvgIpc) is 3.24. The second-order valence-electron chi connectivity index (χ2n) is 9.56. The van der Waals surface area contributed by atoms with Gasteiger partial charge in [0.05, 0.1) is 12.1 Å². The summed E-state index contributed by atoms with van der Waals surface area (Å²) in [6, 6.07) is 20.1. The Labute approximate surface area is 212 Å². The van der Waals surface area contributed by atoms with Gasteiger partial charge in [0, 0.05) is 43.2 Å². The molecule has 5 nitrogen and oxygen atoms in total. The predicted molar refractivity (Wildman–Crippen MR) is 141 cm³/mol. The van der Waals surface area contributed by atoms with E-state index in [4.69, 9.17) is 0 Å². The predicted octanol–water partition coefficient (Wildman–Crippen LogP) is 4.77. The standard InChI is InChI=1S/C29H33N3O2S/c1-21-9-6-7-12-24(21)27-25-14-20-35-26(25)13-17-32(27)22(2)28(33)30-15-8-16-31(19-18-30)29(34)23-10-4-3-5-11-23/h3-7,9-12,14,20,22,27H,8,13,15-19H2,1-2H3/t22-,27+/m0/s1. The molecule has 0 bridgehead atoms. The average molecular weight is 488 g/mol. The summed E-state index contributed by atoms with van der Waals surface area (Å²) in [5, 5.41) is 2.18. The van der Waals surface area contributed by atoms with Crippen molar-refractivity contribution < 1.29 is 9.59 Å². The third-order valence-electron chi connectivity index (χ3n) is 7.46. The van der Waals surface area contributed by atoms with Crippen LogP contribution in [0.15, 0.2) is 66.0 Å². The molecule has 2 aliphatic rings. The summed E-state index contributed by atoms with van der Waals surface area (Å²) in [6.07, 6.45) is 1.78. The molecule has 2 amide bonds. The van der Waals surface area contributed by atoms with Crippen molar-refractivity contribution in [3.63, 3.8) is 0 Å². The van der Waals surface area contributed by atoms with Crippen LogP contribution in [0.2, 0.25) is 0 Å². The van der Waals surface area contributed by atoms with E-state index in [1.165, 1.54) is 21.6 Å². The Hall–Kier alpha value is -2.96. The van der Waals surface area contributed by atoms with Gasteiger partial charge in [-0.2, -0.15) is 0 Å². The smallest absolute Gasteiger partial charge is 0.253 e. The van der Waals surface area contributed by atoms with E-state index in [9.17, 15) is 9.59 Å². The molecule has 0 radical (unpaired) electrons. The monoisotopic (exact) mass is 487 g/mol. The van der Waals surface area contributed by atoms with Crippen LogP contribution in [0.1, 0.15) is 51.3 Å². The molecule has 0 spiro atoms. The van der Waals surface area contributed by atoms with E-state index in [1.54, 1.807) is 0 Å². The second kappa shape index (κ2) is 10.3. The Bertz CT molecular complexity index is 1190. The number of carbonyl (C=O) groups excluding carboxylic acids is 2. The molecule has 0 saturated carbocycles. The van der Waals surface area contributed by atoms with E-state index in [1.807, 2.05) is 51.5 Å². The summed E-state index contributed by atoms with van der Waals surface area (Å²) in [4.78, 5) is 34.4. The van der Waals surface area contributed by atoms with Crippen LogP contribution in [0.25, 0.3) is 0 Å². The van der Waals surface area contributed by atoms with Gasteiger partial charge in [-0.1, -0.05) is 42.5 Å². The number of rotatable bonds is 4. The maximum Gasteiger partial charge on any atom is 0.253 e. The maximum atomic E-state index is 13.8. The highest BCUT2D eigenvalue weighted by molar-refractivity contribution is 7.10. The van der Waals surface area contributed by atoms with Crippen molar-refractivity contribution in [2.24, 2.45) is 0 Å². The molecule has 1 saturated heterocycles. The van der Waals surface area contributed by atoms with Gasteiger partial charge in [0.25, 0.3) is 5.91 Å². The van der Waals surface area contributed by atoms with E-state index in [2.05, 4.69) is 54.5 Å². The first-order chi connectivity index (χ1) is 17.0. The Balaban J connectivity index is 1.33. The van der Waals surface area contributed by atoms with Crippen molar-refractivity contribution in [3.05, 3.63) is 93.2 Å². The van der Waals surface area contributed by atoms with Crippen LogP contribution in [0.5, 0.6) is 0 Å². The van der Waals surface area contributed by atoms with E-state index in [0.717, 1.165) is 19.4 Å². The topological polar surface area (TPSA) is 43.9 Å². The highest BCUT2D eigenvalue weighted by atomic mass is 32.1. The third kappa shape index (κ3) is 4.78. The number of aryl methyl sites for hydroxylation is 1. The zero-order chi connectivity index (χ0) is 24.4. The highest BCUT2D eigenvalue weighted by Gasteiger charge is 2.37. The van der Waals surface area contributed by atoms with E-state index in [-0.39, 0.29) is 23.9 Å². The molecule has 6 heteroatoms. The van der Waals surface area contributed by atoms with E-state index in [0.29, 0.717) is 31.7 Å². The molecule has 1 fully saturated rings. The van der Waals surface area contributed by atoms with Gasteiger partial charge in [-0.3, -0.25) is 14.5 Å². The fourth-order valence-corrected chi connectivity index (χ4v) is 6.41. The van der Waals surface area contributed by atoms with E-state index >= 15 is 0 Å². The molecule has 5 rings (SSSR count). The quantitative estimate of drug-likeness (QED) is 0.533. The van der Waals surface area contributed by atoms with Gasteiger partial charge in [0.1, 0.15) is 0 Å². The second-order valence-corrected chi connectivity index (χ2v) is 10.6. The van der Waals surface area contributed by atoms with Crippen molar-refractivity contribution in [1.29, 1.82) is 0 Å². The normalized spacial score (nSPS) is 19.7. The van der Waals surface area contributed by atoms with Gasteiger partial charge in [-0.15, -0.1) is 11.3 Å². The number of hydrogen-bond donors (Lipinski definition) is 0. The Morgan fingerprint density at radius 3 is 2.37 bits per heavy atom. The summed E-state index contributed by atoms with van der Waals surface area (Å²) in [5.74, 6) is 0.213. The lowest BCUT2D eigenvalue weighted by atomic mass is 9.89. The SMILES string of the molecule is Cc1ccccc1[C@@H]1c2ccsc2CCN1[C@@H](C)C(=O)N1CCCN(C(=O)c2ccccc2)CC1. The van der Waals surface area contributed by atoms with Crippen LogP contribution in [0.3, 0.4) is 0 Å². The molecule has 182 valence electrons. The number of fused-ring (bicyclic) bond motifs is 1. The summed E-state index contributed by atoms with van der Waals surface area (Å²) in [5.41, 5.74) is 4.58. The van der Waals surface area contributed by atoms with Gasteiger partial charge in [0.2, 0.25) is 5.91 Å². The summed E-state index contributed by atoms with van der Waals surface area (Å²) in [7, 11) is 0. The lowest BCUT2D eigenvalue weighted by Gasteiger charge is -2.41. The van der Waals surface area contributed by atoms with Gasteiger partial charge in [0.15, 0.2) is 0 Å². The van der Waals surface area contributed by atoms with Crippen LogP contribution < -0.4 is 0 Å². The third-order valence-corrected chi connectivity index (χ3v) is 8.45. The molecular formula is C29H33N3O2S. The van der Waals surface area contributed by atoms with Gasteiger partial charge < -0.3 is 9.80 Å². The number of thiophene rings is 1. The molecular weight excluding hydrogens is 454 g/mol. The molecule has 3 heterocycles. The zero-order valence-corrected chi connectivity index (χ0v) is 21.3. The van der Waals surface area contributed by atoms with Crippen LogP contribution >= 0.6 is 11.3 Å². The molecule has 3 aromatic rings. The summed E-state index contributed by atoms with van der Waals surface area (Å²) in [6.45, 7) is 7.60. The van der Waals surface area contributed by atoms with Crippen LogP contribution in [0, 0.1) is 6.92 Å². The van der Waals surface area contributed by atoms with Gasteiger partial charge in [-0.05, 0) is 67.0 Å². The Morgan fingerprint density at radius 2 is 1.57 bits per heavy atom. The summed E-state index contributed by atoms with van der Waals surface area (Å²) >= 11 is 1.82. The minimum absolute atomic E-state index is 0.0496. The first-order valence-electron chi connectivity index (χ1n) is 12.5. The van der Waals surface area contributed by atoms with Crippen molar-refractivity contribution >= 4 is 23.2 Å². The first-order valence-corrected chi connectivity index (χ1v) is 13.4. The number of nitrogens with zero attached hydrogens (tertiary/aromatic N) is 3. The number of hydrogen-bond acceptors (Lipinski definition) is 4. The zero-order valence-electron chi connectivity index (χ0n) is 20.5. The fraction of sp³-hybridized carbons (Fsp3) is 0.379. The molecule has 2 aromatic carbocycles. The molecule has 0 unspecified atom stereocenters. The summed E-state index contributed by atoms with van der Waals surface area (Å²) < 4.78 is 0. The van der Waals surface area contributed by atoms with Gasteiger partial charge >= 0.3 is 0 Å². The minimum Gasteiger partial charge on any atom is -0.340 e. The highest BCUT2D eigenvalue weighted by Crippen LogP contribution is 2.40. The molecule has 0 N–H and O–H groups in total. The van der Waals surface area contributed by atoms with Crippen molar-refractivity contribution in [2.75, 3.05) is 32.7 Å². The number of benzene rings is 2.